The van der Waals surface area contributed by atoms with Crippen molar-refractivity contribution in [1.29, 1.82) is 0 Å². The zero-order chi connectivity index (χ0) is 21.2. The zero-order valence-electron chi connectivity index (χ0n) is 12.4. The van der Waals surface area contributed by atoms with E-state index >= 15 is 0 Å². The number of sulfonamides is 1. The molecule has 0 aromatic rings. The van der Waals surface area contributed by atoms with Crippen molar-refractivity contribution in [3.63, 3.8) is 0 Å². The maximum Gasteiger partial charge on any atom is 0.384 e. The molecule has 26 heavy (non-hydrogen) atoms. The lowest BCUT2D eigenvalue weighted by Gasteiger charge is -2.54. The molecular formula is C10H10F11NO3S. The molecule has 1 N–H and O–H groups in total. The van der Waals surface area contributed by atoms with Gasteiger partial charge in [-0.25, -0.2) is 12.8 Å². The van der Waals surface area contributed by atoms with E-state index in [1.165, 1.54) is 0 Å². The van der Waals surface area contributed by atoms with Gasteiger partial charge >= 0.3 is 35.4 Å². The maximum absolute atomic E-state index is 14.6. The van der Waals surface area contributed by atoms with Crippen molar-refractivity contribution in [2.75, 3.05) is 18.9 Å². The van der Waals surface area contributed by atoms with Crippen LogP contribution in [0.2, 0.25) is 0 Å². The molecule has 1 rings (SSSR count). The van der Waals surface area contributed by atoms with E-state index in [1.807, 2.05) is 0 Å². The van der Waals surface area contributed by atoms with E-state index in [9.17, 15) is 56.7 Å². The molecule has 1 fully saturated rings. The molecule has 16 heteroatoms. The minimum absolute atomic E-state index is 0.507. The smallest absolute Gasteiger partial charge is 0.384 e. The molecule has 4 nitrogen and oxygen atoms in total. The van der Waals surface area contributed by atoms with Gasteiger partial charge in [0.25, 0.3) is 0 Å². The molecule has 0 radical (unpaired) electrons. The first-order valence-corrected chi connectivity index (χ1v) is 8.06. The van der Waals surface area contributed by atoms with Crippen LogP contribution in [0.1, 0.15) is 6.92 Å². The summed E-state index contributed by atoms with van der Waals surface area (Å²) >= 11 is 0. The van der Waals surface area contributed by atoms with Crippen LogP contribution in [0.4, 0.5) is 48.3 Å². The SMILES string of the molecule is CCS(=O)(=O)N(CCO)C1(F)C(F)(F)C(F)(F)C(F)(F)C(F)(F)C1(F)F. The fourth-order valence-electron chi connectivity index (χ4n) is 2.25. The van der Waals surface area contributed by atoms with E-state index in [2.05, 4.69) is 0 Å². The van der Waals surface area contributed by atoms with Gasteiger partial charge in [-0.3, -0.25) is 0 Å². The number of rotatable bonds is 5. The summed E-state index contributed by atoms with van der Waals surface area (Å²) < 4.78 is 171. The Bertz CT molecular complexity index is 633. The molecule has 0 atom stereocenters. The highest BCUT2D eigenvalue weighted by atomic mass is 32.2. The van der Waals surface area contributed by atoms with Gasteiger partial charge < -0.3 is 5.11 Å². The van der Waals surface area contributed by atoms with Gasteiger partial charge in [-0.05, 0) is 6.92 Å². The van der Waals surface area contributed by atoms with Gasteiger partial charge in [0, 0.05) is 6.54 Å². The van der Waals surface area contributed by atoms with E-state index in [4.69, 9.17) is 5.11 Å². The Balaban J connectivity index is 4.02. The molecule has 0 heterocycles. The van der Waals surface area contributed by atoms with Gasteiger partial charge in [-0.2, -0.15) is 48.2 Å². The highest BCUT2D eigenvalue weighted by molar-refractivity contribution is 7.89. The maximum atomic E-state index is 14.6. The van der Waals surface area contributed by atoms with Crippen molar-refractivity contribution in [3.05, 3.63) is 0 Å². The molecule has 1 saturated carbocycles. The summed E-state index contributed by atoms with van der Waals surface area (Å²) in [5.41, 5.74) is 0. The monoisotopic (exact) mass is 433 g/mol. The van der Waals surface area contributed by atoms with E-state index in [1.54, 1.807) is 0 Å². The van der Waals surface area contributed by atoms with Crippen LogP contribution in [0.25, 0.3) is 0 Å². The van der Waals surface area contributed by atoms with Crippen LogP contribution in [-0.2, 0) is 10.0 Å². The quantitative estimate of drug-likeness (QED) is 0.536. The van der Waals surface area contributed by atoms with Crippen LogP contribution in [-0.4, -0.2) is 72.1 Å². The first-order valence-electron chi connectivity index (χ1n) is 6.45. The lowest BCUT2D eigenvalue weighted by Crippen LogP contribution is -2.87. The molecule has 0 spiro atoms. The first kappa shape index (κ1) is 23.1. The molecule has 0 amide bonds. The fraction of sp³-hybridized carbons (Fsp3) is 1.00. The second kappa shape index (κ2) is 5.80. The second-order valence-corrected chi connectivity index (χ2v) is 7.37. The third-order valence-corrected chi connectivity index (χ3v) is 5.59. The summed E-state index contributed by atoms with van der Waals surface area (Å²) in [5, 5.41) is 8.56. The minimum atomic E-state index is -7.44. The lowest BCUT2D eigenvalue weighted by atomic mass is 9.77. The fourth-order valence-corrected chi connectivity index (χ4v) is 3.53. The number of hydrogen-bond acceptors (Lipinski definition) is 3. The molecule has 156 valence electrons. The van der Waals surface area contributed by atoms with Crippen molar-refractivity contribution in [3.8, 4) is 0 Å². The van der Waals surface area contributed by atoms with E-state index in [-0.39, 0.29) is 0 Å². The van der Waals surface area contributed by atoms with Crippen LogP contribution in [0.15, 0.2) is 0 Å². The average Bonchev–Trinajstić information content (AvgIpc) is 2.49. The van der Waals surface area contributed by atoms with Crippen LogP contribution < -0.4 is 0 Å². The van der Waals surface area contributed by atoms with Crippen molar-refractivity contribution in [2.24, 2.45) is 0 Å². The largest absolute Gasteiger partial charge is 0.395 e. The molecular weight excluding hydrogens is 423 g/mol. The lowest BCUT2D eigenvalue weighted by molar-refractivity contribution is -0.499. The van der Waals surface area contributed by atoms with Gasteiger partial charge in [0.05, 0.1) is 12.4 Å². The van der Waals surface area contributed by atoms with Crippen molar-refractivity contribution < 1.29 is 61.8 Å². The molecule has 0 bridgehead atoms. The van der Waals surface area contributed by atoms with Gasteiger partial charge in [-0.15, -0.1) is 0 Å². The van der Waals surface area contributed by atoms with Gasteiger partial charge in [0.2, 0.25) is 10.0 Å². The van der Waals surface area contributed by atoms with E-state index in [0.29, 0.717) is 6.92 Å². The number of aliphatic hydroxyl groups is 1. The summed E-state index contributed by atoms with van der Waals surface area (Å²) in [6.07, 6.45) is 0. The summed E-state index contributed by atoms with van der Waals surface area (Å²) in [7, 11) is -5.73. The number of aliphatic hydroxyl groups excluding tert-OH is 1. The average molecular weight is 433 g/mol. The topological polar surface area (TPSA) is 57.6 Å². The highest BCUT2D eigenvalue weighted by Crippen LogP contribution is 2.70. The standard InChI is InChI=1S/C10H10F11NO3S/c1-2-26(24,25)22(3-4-23)10(21)8(17,18)6(13,14)5(11,12)7(15,16)9(10,19)20/h23H,2-4H2,1H3. The van der Waals surface area contributed by atoms with Gasteiger partial charge in [0.15, 0.2) is 0 Å². The third-order valence-electron chi connectivity index (χ3n) is 3.76. The van der Waals surface area contributed by atoms with E-state index in [0.717, 1.165) is 0 Å². The van der Waals surface area contributed by atoms with Crippen LogP contribution >= 0.6 is 0 Å². The normalized spacial score (nSPS) is 28.1. The summed E-state index contributed by atoms with van der Waals surface area (Å²) in [4.78, 5) is 0. The Kier molecular flexibility index (Phi) is 5.16. The minimum Gasteiger partial charge on any atom is -0.395 e. The molecule has 0 unspecified atom stereocenters. The molecule has 0 aliphatic heterocycles. The molecule has 1 aliphatic carbocycles. The Morgan fingerprint density at radius 1 is 0.731 bits per heavy atom. The molecule has 0 saturated heterocycles. The zero-order valence-corrected chi connectivity index (χ0v) is 13.2. The van der Waals surface area contributed by atoms with Crippen molar-refractivity contribution in [1.82, 2.24) is 4.31 Å². The summed E-state index contributed by atoms with van der Waals surface area (Å²) in [6.45, 7) is -3.37. The highest BCUT2D eigenvalue weighted by Gasteiger charge is 3.02. The van der Waals surface area contributed by atoms with Gasteiger partial charge in [0.1, 0.15) is 0 Å². The predicted molar refractivity (Wildman–Crippen MR) is 61.8 cm³/mol. The predicted octanol–water partition coefficient (Wildman–Crippen LogP) is 2.49. The number of nitrogens with zero attached hydrogens (tertiary/aromatic N) is 1. The number of alkyl halides is 11. The number of halogens is 11. The van der Waals surface area contributed by atoms with Crippen LogP contribution in [0.5, 0.6) is 0 Å². The van der Waals surface area contributed by atoms with Gasteiger partial charge in [-0.1, -0.05) is 0 Å². The van der Waals surface area contributed by atoms with Crippen LogP contribution in [0.3, 0.4) is 0 Å². The third kappa shape index (κ3) is 2.23. The Labute approximate surface area is 138 Å². The Morgan fingerprint density at radius 3 is 1.31 bits per heavy atom. The Morgan fingerprint density at radius 2 is 1.04 bits per heavy atom. The molecule has 0 aromatic heterocycles. The summed E-state index contributed by atoms with van der Waals surface area (Å²) in [5.74, 6) is -45.3. The second-order valence-electron chi connectivity index (χ2n) is 5.19. The Hall–Kier alpha value is -0.900. The van der Waals surface area contributed by atoms with E-state index < -0.39 is 68.6 Å². The summed E-state index contributed by atoms with van der Waals surface area (Å²) in [6, 6.07) is 0. The number of hydrogen-bond donors (Lipinski definition) is 1. The first-order chi connectivity index (χ1) is 11.3. The molecule has 1 aliphatic rings. The molecule has 0 aromatic carbocycles. The van der Waals surface area contributed by atoms with Crippen LogP contribution in [0, 0.1) is 0 Å². The van der Waals surface area contributed by atoms with Crippen molar-refractivity contribution in [2.45, 2.75) is 42.3 Å². The van der Waals surface area contributed by atoms with Crippen molar-refractivity contribution >= 4 is 10.0 Å².